The molecule has 1 aromatic rings. The second kappa shape index (κ2) is 6.30. The van der Waals surface area contributed by atoms with Gasteiger partial charge in [0.1, 0.15) is 0 Å². The summed E-state index contributed by atoms with van der Waals surface area (Å²) in [7, 11) is 0. The molecule has 1 fully saturated rings. The number of rotatable bonds is 7. The van der Waals surface area contributed by atoms with Gasteiger partial charge in [0.05, 0.1) is 5.69 Å². The zero-order valence-electron chi connectivity index (χ0n) is 11.8. The first-order valence-electron chi connectivity index (χ1n) is 7.09. The summed E-state index contributed by atoms with van der Waals surface area (Å²) in [6, 6.07) is 7.63. The van der Waals surface area contributed by atoms with Crippen LogP contribution in [0, 0.1) is 6.92 Å². The lowest BCUT2D eigenvalue weighted by Crippen LogP contribution is -2.40. The van der Waals surface area contributed by atoms with E-state index in [4.69, 9.17) is 0 Å². The third-order valence-corrected chi connectivity index (χ3v) is 3.62. The van der Waals surface area contributed by atoms with Gasteiger partial charge in [0.2, 0.25) is 0 Å². The van der Waals surface area contributed by atoms with E-state index in [1.54, 1.807) is 0 Å². The maximum Gasteiger partial charge on any atom is 0.0547 e. The van der Waals surface area contributed by atoms with Crippen LogP contribution >= 0.6 is 0 Å². The Morgan fingerprint density at radius 3 is 2.83 bits per heavy atom. The van der Waals surface area contributed by atoms with Gasteiger partial charge in [-0.25, -0.2) is 0 Å². The molecule has 1 unspecified atom stereocenters. The van der Waals surface area contributed by atoms with Gasteiger partial charge < -0.3 is 5.32 Å². The molecule has 1 N–H and O–H groups in total. The molecule has 1 heterocycles. The van der Waals surface area contributed by atoms with Gasteiger partial charge in [-0.3, -0.25) is 9.88 Å². The van der Waals surface area contributed by atoms with Crippen LogP contribution in [-0.4, -0.2) is 35.1 Å². The first kappa shape index (κ1) is 13.5. The van der Waals surface area contributed by atoms with E-state index in [0.29, 0.717) is 6.04 Å². The van der Waals surface area contributed by atoms with Crippen molar-refractivity contribution < 1.29 is 0 Å². The quantitative estimate of drug-likeness (QED) is 0.801. The standard InChI is InChI=1S/C15H25N3/c1-4-18(13(3)10-16-14-8-9-14)11-15-7-5-6-12(2)17-15/h5-7,13-14,16H,4,8-11H2,1-3H3. The number of aromatic nitrogens is 1. The lowest BCUT2D eigenvalue weighted by molar-refractivity contribution is 0.203. The third-order valence-electron chi connectivity index (χ3n) is 3.62. The van der Waals surface area contributed by atoms with Crippen molar-refractivity contribution >= 4 is 0 Å². The average Bonchev–Trinajstić information content (AvgIpc) is 3.17. The number of nitrogens with zero attached hydrogens (tertiary/aromatic N) is 2. The first-order chi connectivity index (χ1) is 8.69. The highest BCUT2D eigenvalue weighted by Crippen LogP contribution is 2.18. The molecule has 0 saturated heterocycles. The van der Waals surface area contributed by atoms with E-state index >= 15 is 0 Å². The molecule has 0 spiro atoms. The molecule has 2 rings (SSSR count). The molecule has 0 radical (unpaired) electrons. The number of likely N-dealkylation sites (N-methyl/N-ethyl adjacent to an activating group) is 1. The summed E-state index contributed by atoms with van der Waals surface area (Å²) in [4.78, 5) is 7.07. The fourth-order valence-electron chi connectivity index (χ4n) is 2.23. The minimum absolute atomic E-state index is 0.568. The number of hydrogen-bond donors (Lipinski definition) is 1. The van der Waals surface area contributed by atoms with E-state index in [9.17, 15) is 0 Å². The van der Waals surface area contributed by atoms with Gasteiger partial charge in [-0.2, -0.15) is 0 Å². The lowest BCUT2D eigenvalue weighted by atomic mass is 10.2. The van der Waals surface area contributed by atoms with Gasteiger partial charge in [0.25, 0.3) is 0 Å². The predicted octanol–water partition coefficient (Wildman–Crippen LogP) is 2.35. The Morgan fingerprint density at radius 1 is 1.44 bits per heavy atom. The molecule has 0 aromatic carbocycles. The Hall–Kier alpha value is -0.930. The maximum absolute atomic E-state index is 4.59. The molecule has 1 atom stereocenters. The monoisotopic (exact) mass is 247 g/mol. The molecule has 18 heavy (non-hydrogen) atoms. The molecule has 3 nitrogen and oxygen atoms in total. The van der Waals surface area contributed by atoms with Crippen molar-refractivity contribution in [2.75, 3.05) is 13.1 Å². The number of nitrogens with one attached hydrogen (secondary N) is 1. The smallest absolute Gasteiger partial charge is 0.0547 e. The van der Waals surface area contributed by atoms with E-state index in [0.717, 1.165) is 31.4 Å². The SMILES string of the molecule is CCN(Cc1cccc(C)n1)C(C)CNC1CC1. The Bertz CT molecular complexity index is 374. The molecule has 100 valence electrons. The highest BCUT2D eigenvalue weighted by Gasteiger charge is 2.22. The third kappa shape index (κ3) is 4.07. The summed E-state index contributed by atoms with van der Waals surface area (Å²) in [6.45, 7) is 9.69. The topological polar surface area (TPSA) is 28.2 Å². The van der Waals surface area contributed by atoms with Crippen LogP contribution < -0.4 is 5.32 Å². The van der Waals surface area contributed by atoms with Crippen LogP contribution in [0.15, 0.2) is 18.2 Å². The summed E-state index contributed by atoms with van der Waals surface area (Å²) in [5.41, 5.74) is 2.28. The second-order valence-corrected chi connectivity index (χ2v) is 5.36. The molecule has 0 bridgehead atoms. The van der Waals surface area contributed by atoms with E-state index in [2.05, 4.69) is 54.2 Å². The summed E-state index contributed by atoms with van der Waals surface area (Å²) >= 11 is 0. The van der Waals surface area contributed by atoms with E-state index in [1.165, 1.54) is 18.5 Å². The average molecular weight is 247 g/mol. The largest absolute Gasteiger partial charge is 0.312 e. The molecule has 3 heteroatoms. The molecule has 1 aliphatic carbocycles. The van der Waals surface area contributed by atoms with E-state index < -0.39 is 0 Å². The Morgan fingerprint density at radius 2 is 2.22 bits per heavy atom. The van der Waals surface area contributed by atoms with Gasteiger partial charge in [-0.15, -0.1) is 0 Å². The molecule has 1 aliphatic rings. The molecule has 0 aliphatic heterocycles. The highest BCUT2D eigenvalue weighted by molar-refractivity contribution is 5.09. The first-order valence-corrected chi connectivity index (χ1v) is 7.09. The Labute approximate surface area is 111 Å². The molecule has 1 saturated carbocycles. The van der Waals surface area contributed by atoms with Crippen LogP contribution in [0.4, 0.5) is 0 Å². The van der Waals surface area contributed by atoms with E-state index in [-0.39, 0.29) is 0 Å². The summed E-state index contributed by atoms with van der Waals surface area (Å²) in [6.07, 6.45) is 2.72. The van der Waals surface area contributed by atoms with Crippen LogP contribution in [0.5, 0.6) is 0 Å². The van der Waals surface area contributed by atoms with Gasteiger partial charge in [-0.05, 0) is 45.4 Å². The number of hydrogen-bond acceptors (Lipinski definition) is 3. The van der Waals surface area contributed by atoms with Crippen LogP contribution in [-0.2, 0) is 6.54 Å². The number of aryl methyl sites for hydroxylation is 1. The van der Waals surface area contributed by atoms with Crippen LogP contribution in [0.2, 0.25) is 0 Å². The summed E-state index contributed by atoms with van der Waals surface area (Å²) in [5.74, 6) is 0. The summed E-state index contributed by atoms with van der Waals surface area (Å²) in [5, 5.41) is 3.61. The van der Waals surface area contributed by atoms with Crippen LogP contribution in [0.3, 0.4) is 0 Å². The predicted molar refractivity (Wildman–Crippen MR) is 75.5 cm³/mol. The molecular formula is C15H25N3. The molecule has 1 aromatic heterocycles. The molecule has 0 amide bonds. The normalized spacial score (nSPS) is 17.1. The van der Waals surface area contributed by atoms with Crippen molar-refractivity contribution in [3.63, 3.8) is 0 Å². The molecular weight excluding hydrogens is 222 g/mol. The van der Waals surface area contributed by atoms with Crippen molar-refractivity contribution in [1.82, 2.24) is 15.2 Å². The Balaban J connectivity index is 1.86. The van der Waals surface area contributed by atoms with Gasteiger partial charge in [0.15, 0.2) is 0 Å². The maximum atomic E-state index is 4.59. The lowest BCUT2D eigenvalue weighted by Gasteiger charge is -2.27. The van der Waals surface area contributed by atoms with Crippen molar-refractivity contribution in [1.29, 1.82) is 0 Å². The minimum Gasteiger partial charge on any atom is -0.312 e. The van der Waals surface area contributed by atoms with Crippen molar-refractivity contribution in [2.45, 2.75) is 52.2 Å². The fourth-order valence-corrected chi connectivity index (χ4v) is 2.23. The van der Waals surface area contributed by atoms with E-state index in [1.807, 2.05) is 0 Å². The zero-order chi connectivity index (χ0) is 13.0. The van der Waals surface area contributed by atoms with Crippen LogP contribution in [0.1, 0.15) is 38.1 Å². The van der Waals surface area contributed by atoms with Crippen molar-refractivity contribution in [3.8, 4) is 0 Å². The van der Waals surface area contributed by atoms with Gasteiger partial charge in [0, 0.05) is 30.9 Å². The van der Waals surface area contributed by atoms with Crippen molar-refractivity contribution in [3.05, 3.63) is 29.6 Å². The zero-order valence-corrected chi connectivity index (χ0v) is 11.8. The van der Waals surface area contributed by atoms with Gasteiger partial charge >= 0.3 is 0 Å². The van der Waals surface area contributed by atoms with Crippen molar-refractivity contribution in [2.24, 2.45) is 0 Å². The Kier molecular flexibility index (Phi) is 4.72. The van der Waals surface area contributed by atoms with Gasteiger partial charge in [-0.1, -0.05) is 13.0 Å². The number of pyridine rings is 1. The second-order valence-electron chi connectivity index (χ2n) is 5.36. The fraction of sp³-hybridized carbons (Fsp3) is 0.667. The highest BCUT2D eigenvalue weighted by atomic mass is 15.2. The summed E-state index contributed by atoms with van der Waals surface area (Å²) < 4.78 is 0. The van der Waals surface area contributed by atoms with Crippen LogP contribution in [0.25, 0.3) is 0 Å². The minimum atomic E-state index is 0.568.